The second kappa shape index (κ2) is 12.7. The molecule has 4 aliphatic rings. The summed E-state index contributed by atoms with van der Waals surface area (Å²) in [5.74, 6) is 0.770. The lowest BCUT2D eigenvalue weighted by atomic mass is 9.79. The van der Waals surface area contributed by atoms with Crippen molar-refractivity contribution in [2.75, 3.05) is 11.9 Å². The van der Waals surface area contributed by atoms with Crippen molar-refractivity contribution in [2.24, 2.45) is 30.7 Å². The molecule has 5 unspecified atom stereocenters. The molecule has 0 aliphatic heterocycles. The number of rotatable bonds is 12. The third-order valence-electron chi connectivity index (χ3n) is 8.81. The molecule has 0 aromatic carbocycles. The number of hydrogen-bond donors (Lipinski definition) is 3. The number of aryl methyl sites for hydroxylation is 1. The molecule has 6 rings (SSSR count). The number of carbonyl (C=O) groups is 4. The Bertz CT molecular complexity index is 1430. The molecule has 2 aromatic rings. The number of pyridine rings is 1. The number of anilines is 1. The Morgan fingerprint density at radius 2 is 1.98 bits per heavy atom. The van der Waals surface area contributed by atoms with Gasteiger partial charge in [0.15, 0.2) is 0 Å². The topological polar surface area (TPSA) is 153 Å². The van der Waals surface area contributed by atoms with Crippen LogP contribution in [0, 0.1) is 23.7 Å². The molecule has 3 amide bonds. The lowest BCUT2D eigenvalue weighted by molar-refractivity contribution is -0.137. The average Bonchev–Trinajstić information content (AvgIpc) is 3.58. The van der Waals surface area contributed by atoms with Gasteiger partial charge >= 0.3 is 5.97 Å². The van der Waals surface area contributed by atoms with E-state index in [1.165, 1.54) is 65.7 Å². The van der Waals surface area contributed by atoms with Gasteiger partial charge in [-0.1, -0.05) is 6.08 Å². The minimum Gasteiger partial charge on any atom is -0.463 e. The number of imidazole rings is 1. The standard InChI is InChI=1S/C30H38N6O6/c1-3-42-26(38)9-5-4-7-22(32-29(40)24-15-31-17-35(24)2)28(39)33-23-8-6-10-36(30(23)41)16-25(37)34-27-20-12-18-11-19(14-20)21(27)13-18/h5-6,8-10,15,17-22,27H,3-4,7,11-14,16H2,1-2H3,(H,32,40)(H,33,39)(H,34,37)/b9-5+/t18?,19?,20?,21?,22-,27?/m0/s1. The summed E-state index contributed by atoms with van der Waals surface area (Å²) in [6.45, 7) is 1.80. The van der Waals surface area contributed by atoms with Crippen LogP contribution >= 0.6 is 0 Å². The molecule has 0 spiro atoms. The number of amides is 3. The van der Waals surface area contributed by atoms with E-state index in [0.29, 0.717) is 17.8 Å². The van der Waals surface area contributed by atoms with Gasteiger partial charge < -0.3 is 29.8 Å². The second-order valence-corrected chi connectivity index (χ2v) is 11.6. The Kier molecular flexibility index (Phi) is 8.89. The smallest absolute Gasteiger partial charge is 0.330 e. The Labute approximate surface area is 243 Å². The van der Waals surface area contributed by atoms with Gasteiger partial charge in [0.1, 0.15) is 24.0 Å². The molecule has 2 aromatic heterocycles. The molecule has 4 fully saturated rings. The summed E-state index contributed by atoms with van der Waals surface area (Å²) in [5.41, 5.74) is -0.268. The van der Waals surface area contributed by atoms with E-state index in [0.717, 1.165) is 5.92 Å². The molecule has 4 aliphatic carbocycles. The third kappa shape index (κ3) is 6.47. The maximum atomic E-state index is 13.3. The number of nitrogens with one attached hydrogen (secondary N) is 3. The van der Waals surface area contributed by atoms with Gasteiger partial charge in [0.2, 0.25) is 11.8 Å². The van der Waals surface area contributed by atoms with Crippen molar-refractivity contribution in [2.45, 2.75) is 64.1 Å². The van der Waals surface area contributed by atoms with E-state index >= 15 is 0 Å². The molecule has 224 valence electrons. The molecular formula is C30H38N6O6. The van der Waals surface area contributed by atoms with E-state index in [9.17, 15) is 24.0 Å². The first kappa shape index (κ1) is 29.3. The molecule has 12 heteroatoms. The summed E-state index contributed by atoms with van der Waals surface area (Å²) in [4.78, 5) is 67.9. The molecule has 2 heterocycles. The highest BCUT2D eigenvalue weighted by Gasteiger charge is 2.54. The van der Waals surface area contributed by atoms with Gasteiger partial charge in [-0.25, -0.2) is 9.78 Å². The molecule has 0 saturated heterocycles. The van der Waals surface area contributed by atoms with Crippen molar-refractivity contribution >= 4 is 29.4 Å². The van der Waals surface area contributed by atoms with E-state index < -0.39 is 29.4 Å². The van der Waals surface area contributed by atoms with Crippen molar-refractivity contribution < 1.29 is 23.9 Å². The van der Waals surface area contributed by atoms with E-state index in [2.05, 4.69) is 20.9 Å². The average molecular weight is 579 g/mol. The van der Waals surface area contributed by atoms with Crippen LogP contribution in [0.15, 0.2) is 47.8 Å². The van der Waals surface area contributed by atoms with Gasteiger partial charge in [0.25, 0.3) is 11.5 Å². The number of hydrogen-bond acceptors (Lipinski definition) is 7. The molecule has 42 heavy (non-hydrogen) atoms. The van der Waals surface area contributed by atoms with E-state index in [1.807, 2.05) is 0 Å². The van der Waals surface area contributed by atoms with Crippen LogP contribution < -0.4 is 21.5 Å². The molecule has 3 N–H and O–H groups in total. The first-order chi connectivity index (χ1) is 20.2. The third-order valence-corrected chi connectivity index (χ3v) is 8.81. The Balaban J connectivity index is 1.23. The highest BCUT2D eigenvalue weighted by molar-refractivity contribution is 6.00. The van der Waals surface area contributed by atoms with Crippen LogP contribution in [0.25, 0.3) is 0 Å². The normalized spacial score (nSPS) is 24.5. The van der Waals surface area contributed by atoms with Crippen molar-refractivity contribution in [1.29, 1.82) is 0 Å². The maximum absolute atomic E-state index is 13.3. The molecule has 6 atom stereocenters. The Morgan fingerprint density at radius 3 is 2.71 bits per heavy atom. The van der Waals surface area contributed by atoms with Crippen LogP contribution in [0.4, 0.5) is 5.69 Å². The number of carbonyl (C=O) groups excluding carboxylic acids is 4. The van der Waals surface area contributed by atoms with Crippen molar-refractivity contribution in [3.05, 3.63) is 59.1 Å². The van der Waals surface area contributed by atoms with Gasteiger partial charge in [-0.2, -0.15) is 0 Å². The number of allylic oxidation sites excluding steroid dienone is 1. The summed E-state index contributed by atoms with van der Waals surface area (Å²) < 4.78 is 7.67. The number of esters is 1. The fourth-order valence-electron chi connectivity index (χ4n) is 7.03. The van der Waals surface area contributed by atoms with Crippen LogP contribution in [0.5, 0.6) is 0 Å². The number of nitrogens with zero attached hydrogens (tertiary/aromatic N) is 3. The largest absolute Gasteiger partial charge is 0.463 e. The van der Waals surface area contributed by atoms with E-state index in [4.69, 9.17) is 4.74 Å². The zero-order valence-corrected chi connectivity index (χ0v) is 24.0. The van der Waals surface area contributed by atoms with Gasteiger partial charge in [-0.05, 0) is 81.3 Å². The summed E-state index contributed by atoms with van der Waals surface area (Å²) in [6, 6.07) is 2.21. The quantitative estimate of drug-likeness (QED) is 0.256. The van der Waals surface area contributed by atoms with Crippen LogP contribution in [-0.2, 0) is 32.7 Å². The summed E-state index contributed by atoms with van der Waals surface area (Å²) in [7, 11) is 1.66. The van der Waals surface area contributed by atoms with E-state index in [1.54, 1.807) is 26.1 Å². The predicted octanol–water partition coefficient (Wildman–Crippen LogP) is 1.77. The lowest BCUT2D eigenvalue weighted by Crippen LogP contribution is -2.46. The minimum atomic E-state index is -1.02. The molecule has 0 radical (unpaired) electrons. The van der Waals surface area contributed by atoms with E-state index in [-0.39, 0.29) is 49.3 Å². The fourth-order valence-corrected chi connectivity index (χ4v) is 7.03. The summed E-state index contributed by atoms with van der Waals surface area (Å²) in [6.07, 6.45) is 12.5. The number of ether oxygens (including phenoxy) is 1. The van der Waals surface area contributed by atoms with Crippen LogP contribution in [0.1, 0.15) is 55.9 Å². The summed E-state index contributed by atoms with van der Waals surface area (Å²) >= 11 is 0. The Hall–Kier alpha value is -4.22. The first-order valence-corrected chi connectivity index (χ1v) is 14.6. The fraction of sp³-hybridized carbons (Fsp3) is 0.533. The minimum absolute atomic E-state index is 0.00398. The van der Waals surface area contributed by atoms with Crippen LogP contribution in [-0.4, -0.2) is 56.5 Å². The highest BCUT2D eigenvalue weighted by atomic mass is 16.5. The van der Waals surface area contributed by atoms with Gasteiger partial charge in [0, 0.05) is 25.4 Å². The Morgan fingerprint density at radius 1 is 1.17 bits per heavy atom. The maximum Gasteiger partial charge on any atom is 0.330 e. The lowest BCUT2D eigenvalue weighted by Gasteiger charge is -2.32. The second-order valence-electron chi connectivity index (χ2n) is 11.6. The van der Waals surface area contributed by atoms with Crippen molar-refractivity contribution in [1.82, 2.24) is 24.8 Å². The number of aromatic nitrogens is 3. The molecule has 4 bridgehead atoms. The monoisotopic (exact) mass is 578 g/mol. The van der Waals surface area contributed by atoms with Crippen LogP contribution in [0.3, 0.4) is 0 Å². The van der Waals surface area contributed by atoms with Gasteiger partial charge in [-0.3, -0.25) is 19.2 Å². The van der Waals surface area contributed by atoms with Gasteiger partial charge in [-0.15, -0.1) is 0 Å². The zero-order valence-electron chi connectivity index (χ0n) is 24.0. The van der Waals surface area contributed by atoms with Gasteiger partial charge in [0.05, 0.1) is 19.1 Å². The highest BCUT2D eigenvalue weighted by Crippen LogP contribution is 2.58. The molecule has 12 nitrogen and oxygen atoms in total. The first-order valence-electron chi connectivity index (χ1n) is 14.6. The molecule has 4 saturated carbocycles. The van der Waals surface area contributed by atoms with Crippen LogP contribution in [0.2, 0.25) is 0 Å². The molecular weight excluding hydrogens is 540 g/mol. The van der Waals surface area contributed by atoms with Crippen molar-refractivity contribution in [3.8, 4) is 0 Å². The SMILES string of the molecule is CCOC(=O)/C=C/CC[C@H](NC(=O)c1cncn1C)C(=O)Nc1cccn(CC(=O)NC2C3CC4CC(C3)C2C4)c1=O. The zero-order chi connectivity index (χ0) is 29.8. The van der Waals surface area contributed by atoms with Crippen molar-refractivity contribution in [3.63, 3.8) is 0 Å². The summed E-state index contributed by atoms with van der Waals surface area (Å²) in [5, 5.41) is 8.51. The predicted molar refractivity (Wildman–Crippen MR) is 153 cm³/mol.